The van der Waals surface area contributed by atoms with Crippen LogP contribution in [0.4, 0.5) is 0 Å². The van der Waals surface area contributed by atoms with Crippen LogP contribution in [0.1, 0.15) is 181 Å². The van der Waals surface area contributed by atoms with Crippen molar-refractivity contribution in [2.75, 3.05) is 33.0 Å². The van der Waals surface area contributed by atoms with Gasteiger partial charge in [-0.25, -0.2) is 0 Å². The molecule has 11 unspecified atom stereocenters. The van der Waals surface area contributed by atoms with Gasteiger partial charge in [0.1, 0.15) is 54.9 Å². The molecule has 71 heavy (non-hydrogen) atoms. The first-order valence-electron chi connectivity index (χ1n) is 27.5. The third-order valence-corrected chi connectivity index (χ3v) is 12.7. The van der Waals surface area contributed by atoms with Crippen LogP contribution in [0.5, 0.6) is 0 Å². The molecule has 0 spiro atoms. The number of aliphatic hydroxyl groups excluding tert-OH is 7. The van der Waals surface area contributed by atoms with Gasteiger partial charge in [0.15, 0.2) is 12.6 Å². The summed E-state index contributed by atoms with van der Waals surface area (Å²) in [5.74, 6) is -0.394. The van der Waals surface area contributed by atoms with Crippen LogP contribution in [-0.2, 0) is 33.2 Å². The van der Waals surface area contributed by atoms with Crippen LogP contribution in [-0.4, -0.2) is 142 Å². The molecule has 0 amide bonds. The van der Waals surface area contributed by atoms with Crippen LogP contribution in [0.2, 0.25) is 0 Å². The van der Waals surface area contributed by atoms with Crippen molar-refractivity contribution < 1.29 is 69.0 Å². The van der Waals surface area contributed by atoms with E-state index < -0.39 is 86.7 Å². The molecular formula is C57H98O14. The molecule has 0 saturated carbocycles. The van der Waals surface area contributed by atoms with Crippen molar-refractivity contribution in [1.29, 1.82) is 0 Å². The maximum Gasteiger partial charge on any atom is 0.306 e. The van der Waals surface area contributed by atoms with Crippen molar-refractivity contribution in [1.82, 2.24) is 0 Å². The maximum absolute atomic E-state index is 13.0. The topological polar surface area (TPSA) is 214 Å². The highest BCUT2D eigenvalue weighted by atomic mass is 16.7. The Labute approximate surface area is 427 Å². The lowest BCUT2D eigenvalue weighted by Crippen LogP contribution is -2.61. The van der Waals surface area contributed by atoms with E-state index in [1.807, 2.05) is 0 Å². The Morgan fingerprint density at radius 2 is 0.915 bits per heavy atom. The predicted octanol–water partition coefficient (Wildman–Crippen LogP) is 9.08. The average Bonchev–Trinajstić information content (AvgIpc) is 3.37. The number of esters is 1. The van der Waals surface area contributed by atoms with Crippen LogP contribution >= 0.6 is 0 Å². The Balaban J connectivity index is 1.74. The van der Waals surface area contributed by atoms with Crippen LogP contribution in [0.25, 0.3) is 0 Å². The largest absolute Gasteiger partial charge is 0.457 e. The fourth-order valence-corrected chi connectivity index (χ4v) is 8.25. The summed E-state index contributed by atoms with van der Waals surface area (Å²) >= 11 is 0. The summed E-state index contributed by atoms with van der Waals surface area (Å²) in [6.45, 7) is 3.49. The van der Waals surface area contributed by atoms with Crippen molar-refractivity contribution in [2.24, 2.45) is 0 Å². The fourth-order valence-electron chi connectivity index (χ4n) is 8.25. The zero-order valence-corrected chi connectivity index (χ0v) is 43.7. The summed E-state index contributed by atoms with van der Waals surface area (Å²) in [6.07, 6.45) is 38.2. The summed E-state index contributed by atoms with van der Waals surface area (Å²) in [6, 6.07) is 0. The normalized spacial score (nSPS) is 25.9. The molecular weight excluding hydrogens is 909 g/mol. The molecule has 2 heterocycles. The van der Waals surface area contributed by atoms with Crippen LogP contribution < -0.4 is 0 Å². The highest BCUT2D eigenvalue weighted by Crippen LogP contribution is 2.26. The number of unbranched alkanes of at least 4 members (excludes halogenated alkanes) is 17. The third-order valence-electron chi connectivity index (χ3n) is 12.7. The van der Waals surface area contributed by atoms with E-state index in [0.29, 0.717) is 13.0 Å². The average molecular weight is 1010 g/mol. The van der Waals surface area contributed by atoms with Gasteiger partial charge in [-0.3, -0.25) is 4.79 Å². The van der Waals surface area contributed by atoms with Crippen LogP contribution in [0.15, 0.2) is 72.9 Å². The number of carbonyl (C=O) groups excluding carboxylic acids is 1. The van der Waals surface area contributed by atoms with Crippen LogP contribution in [0.3, 0.4) is 0 Å². The van der Waals surface area contributed by atoms with Crippen molar-refractivity contribution in [3.63, 3.8) is 0 Å². The first-order valence-corrected chi connectivity index (χ1v) is 27.5. The minimum absolute atomic E-state index is 0.0396. The Morgan fingerprint density at radius 1 is 0.479 bits per heavy atom. The molecule has 7 N–H and O–H groups in total. The van der Waals surface area contributed by atoms with E-state index in [2.05, 4.69) is 86.8 Å². The van der Waals surface area contributed by atoms with Crippen molar-refractivity contribution in [3.05, 3.63) is 72.9 Å². The van der Waals surface area contributed by atoms with E-state index in [4.69, 9.17) is 28.4 Å². The summed E-state index contributed by atoms with van der Waals surface area (Å²) < 4.78 is 34.3. The molecule has 2 rings (SSSR count). The minimum atomic E-state index is -1.72. The second kappa shape index (κ2) is 43.8. The highest BCUT2D eigenvalue weighted by molar-refractivity contribution is 5.69. The molecule has 2 aliphatic rings. The monoisotopic (exact) mass is 1010 g/mol. The molecule has 0 radical (unpaired) electrons. The van der Waals surface area contributed by atoms with Crippen molar-refractivity contribution >= 4 is 5.97 Å². The van der Waals surface area contributed by atoms with Gasteiger partial charge >= 0.3 is 5.97 Å². The number of rotatable bonds is 43. The molecule has 0 aromatic carbocycles. The van der Waals surface area contributed by atoms with Gasteiger partial charge in [0.2, 0.25) is 0 Å². The maximum atomic E-state index is 13.0. The van der Waals surface area contributed by atoms with Gasteiger partial charge in [0, 0.05) is 13.0 Å². The van der Waals surface area contributed by atoms with Gasteiger partial charge in [-0.1, -0.05) is 164 Å². The summed E-state index contributed by atoms with van der Waals surface area (Å²) in [4.78, 5) is 13.0. The van der Waals surface area contributed by atoms with E-state index in [0.717, 1.165) is 89.9 Å². The zero-order chi connectivity index (χ0) is 51.6. The predicted molar refractivity (Wildman–Crippen MR) is 279 cm³/mol. The number of hydrogen-bond acceptors (Lipinski definition) is 14. The van der Waals surface area contributed by atoms with Crippen LogP contribution in [0, 0.1) is 0 Å². The lowest BCUT2D eigenvalue weighted by atomic mass is 9.98. The summed E-state index contributed by atoms with van der Waals surface area (Å²) in [5, 5.41) is 72.2. The SMILES string of the molecule is CC/C=C\C/C=C\C/C=C\CCCCCCOCC(COC1OC(COC2OC(CO)C(O)C(O)C2O)C(O)C(O)C1O)OC(=O)CCCCCCCCCC/C=C\C/C=C\C/C=C\CCCCCCC. The Bertz CT molecular complexity index is 1450. The third kappa shape index (κ3) is 31.0. The quantitative estimate of drug-likeness (QED) is 0.0173. The van der Waals surface area contributed by atoms with Gasteiger partial charge in [-0.05, 0) is 83.5 Å². The minimum Gasteiger partial charge on any atom is -0.457 e. The molecule has 14 nitrogen and oxygen atoms in total. The van der Waals surface area contributed by atoms with Gasteiger partial charge in [-0.2, -0.15) is 0 Å². The number of aliphatic hydroxyl groups is 7. The molecule has 410 valence electrons. The van der Waals surface area contributed by atoms with E-state index in [1.165, 1.54) is 64.2 Å². The Hall–Kier alpha value is -2.57. The zero-order valence-electron chi connectivity index (χ0n) is 43.7. The van der Waals surface area contributed by atoms with E-state index in [1.54, 1.807) is 0 Å². The second-order valence-corrected chi connectivity index (χ2v) is 19.0. The highest BCUT2D eigenvalue weighted by Gasteiger charge is 2.47. The van der Waals surface area contributed by atoms with Gasteiger partial charge in [-0.15, -0.1) is 0 Å². The molecule has 11 atom stereocenters. The molecule has 0 aromatic heterocycles. The van der Waals surface area contributed by atoms with E-state index in [9.17, 15) is 40.5 Å². The summed E-state index contributed by atoms with van der Waals surface area (Å²) in [7, 11) is 0. The number of allylic oxidation sites excluding steroid dienone is 12. The number of carbonyl (C=O) groups is 1. The van der Waals surface area contributed by atoms with Gasteiger partial charge in [0.25, 0.3) is 0 Å². The second-order valence-electron chi connectivity index (χ2n) is 19.0. The van der Waals surface area contributed by atoms with Crippen molar-refractivity contribution in [2.45, 2.75) is 248 Å². The van der Waals surface area contributed by atoms with Gasteiger partial charge < -0.3 is 64.2 Å². The molecule has 0 aromatic rings. The van der Waals surface area contributed by atoms with Gasteiger partial charge in [0.05, 0.1) is 26.4 Å². The number of hydrogen-bond donors (Lipinski definition) is 7. The lowest BCUT2D eigenvalue weighted by molar-refractivity contribution is -0.332. The molecule has 2 aliphatic heterocycles. The van der Waals surface area contributed by atoms with E-state index >= 15 is 0 Å². The first-order chi connectivity index (χ1) is 34.6. The van der Waals surface area contributed by atoms with Crippen molar-refractivity contribution in [3.8, 4) is 0 Å². The number of ether oxygens (including phenoxy) is 6. The molecule has 14 heteroatoms. The molecule has 0 aliphatic carbocycles. The standard InChI is InChI=1S/C57H98O14/c1-3-5-7-9-11-13-15-17-19-20-21-22-23-24-25-26-27-28-30-32-34-36-38-40-49(59)69-46(43-66-41-39-37-35-33-31-29-18-16-14-12-10-8-6-4-2)44-67-56-55(65)53(63)51(61)48(71-56)45-68-57-54(64)52(62)50(60)47(42-58)70-57/h6,8,12,14-15,17-18,20-21,23-24,29,46-48,50-58,60-65H,3-5,7,9-11,13,16,19,22,25-28,30-45H2,1-2H3/b8-6-,14-12-,17-15-,21-20-,24-23-,29-18-. The molecule has 2 fully saturated rings. The summed E-state index contributed by atoms with van der Waals surface area (Å²) in [5.41, 5.74) is 0. The molecule has 0 bridgehead atoms. The Kier molecular flexibility index (Phi) is 39.8. The molecule has 2 saturated heterocycles. The lowest BCUT2D eigenvalue weighted by Gasteiger charge is -2.42. The smallest absolute Gasteiger partial charge is 0.306 e. The van der Waals surface area contributed by atoms with E-state index in [-0.39, 0.29) is 19.6 Å². The Morgan fingerprint density at radius 3 is 1.44 bits per heavy atom. The fraction of sp³-hybridized carbons (Fsp3) is 0.772. The first kappa shape index (κ1) is 64.5.